The molecule has 17 heavy (non-hydrogen) atoms. The standard InChI is InChI=1S/C9H12N2O5S/c1-2-5-17(15,16)10-8-4-3-7(11(13)14)6-9(8)12/h3-4,6,10,12H,2,5H2,1H3. The van der Waals surface area contributed by atoms with Gasteiger partial charge in [0.15, 0.2) is 0 Å². The Morgan fingerprint density at radius 3 is 2.59 bits per heavy atom. The second kappa shape index (κ2) is 5.00. The molecule has 1 aromatic carbocycles. The first-order chi connectivity index (χ1) is 7.85. The smallest absolute Gasteiger partial charge is 0.273 e. The van der Waals surface area contributed by atoms with Crippen molar-refractivity contribution in [2.24, 2.45) is 0 Å². The van der Waals surface area contributed by atoms with E-state index in [4.69, 9.17) is 0 Å². The van der Waals surface area contributed by atoms with Gasteiger partial charge in [-0.2, -0.15) is 0 Å². The summed E-state index contributed by atoms with van der Waals surface area (Å²) >= 11 is 0. The average molecular weight is 260 g/mol. The number of nitro benzene ring substituents is 1. The maximum Gasteiger partial charge on any atom is 0.273 e. The van der Waals surface area contributed by atoms with Crippen molar-refractivity contribution in [3.8, 4) is 5.75 Å². The number of aromatic hydroxyl groups is 1. The second-order valence-corrected chi connectivity index (χ2v) is 5.22. The number of nitro groups is 1. The number of phenols is 1. The number of benzene rings is 1. The van der Waals surface area contributed by atoms with Crippen LogP contribution in [-0.4, -0.2) is 24.2 Å². The zero-order valence-electron chi connectivity index (χ0n) is 9.08. The van der Waals surface area contributed by atoms with Gasteiger partial charge in [0.05, 0.1) is 22.4 Å². The topological polar surface area (TPSA) is 110 Å². The molecule has 0 saturated heterocycles. The lowest BCUT2D eigenvalue weighted by Crippen LogP contribution is -2.16. The summed E-state index contributed by atoms with van der Waals surface area (Å²) < 4.78 is 25.0. The van der Waals surface area contributed by atoms with Crippen LogP contribution in [0.4, 0.5) is 11.4 Å². The molecule has 0 atom stereocenters. The van der Waals surface area contributed by atoms with Gasteiger partial charge in [0, 0.05) is 6.07 Å². The van der Waals surface area contributed by atoms with Crippen molar-refractivity contribution in [2.75, 3.05) is 10.5 Å². The Morgan fingerprint density at radius 2 is 2.12 bits per heavy atom. The number of sulfonamides is 1. The summed E-state index contributed by atoms with van der Waals surface area (Å²) in [7, 11) is -3.52. The molecule has 7 nitrogen and oxygen atoms in total. The molecule has 0 heterocycles. The van der Waals surface area contributed by atoms with Gasteiger partial charge in [-0.05, 0) is 12.5 Å². The maximum atomic E-state index is 11.4. The van der Waals surface area contributed by atoms with Crippen LogP contribution in [-0.2, 0) is 10.0 Å². The molecule has 2 N–H and O–H groups in total. The molecule has 0 aliphatic heterocycles. The third-order valence-electron chi connectivity index (χ3n) is 1.93. The van der Waals surface area contributed by atoms with E-state index in [0.29, 0.717) is 6.42 Å². The van der Waals surface area contributed by atoms with Crippen LogP contribution >= 0.6 is 0 Å². The number of rotatable bonds is 5. The number of phenolic OH excluding ortho intramolecular Hbond substituents is 1. The Kier molecular flexibility index (Phi) is 3.89. The predicted octanol–water partition coefficient (Wildman–Crippen LogP) is 1.45. The van der Waals surface area contributed by atoms with Gasteiger partial charge in [0.1, 0.15) is 5.75 Å². The Hall–Kier alpha value is -1.83. The van der Waals surface area contributed by atoms with Gasteiger partial charge in [0.2, 0.25) is 10.0 Å². The van der Waals surface area contributed by atoms with E-state index in [1.165, 1.54) is 0 Å². The summed E-state index contributed by atoms with van der Waals surface area (Å²) in [5.41, 5.74) is -0.370. The third-order valence-corrected chi connectivity index (χ3v) is 3.41. The van der Waals surface area contributed by atoms with Gasteiger partial charge >= 0.3 is 0 Å². The highest BCUT2D eigenvalue weighted by Crippen LogP contribution is 2.28. The fourth-order valence-electron chi connectivity index (χ4n) is 1.21. The quantitative estimate of drug-likeness (QED) is 0.473. The lowest BCUT2D eigenvalue weighted by atomic mass is 10.3. The molecule has 0 radical (unpaired) electrons. The Bertz CT molecular complexity index is 526. The molecule has 0 saturated carbocycles. The number of nitrogens with zero attached hydrogens (tertiary/aromatic N) is 1. The van der Waals surface area contributed by atoms with Crippen LogP contribution in [0.1, 0.15) is 13.3 Å². The fraction of sp³-hybridized carbons (Fsp3) is 0.333. The van der Waals surface area contributed by atoms with Crippen LogP contribution in [0.25, 0.3) is 0 Å². The first kappa shape index (κ1) is 13.2. The van der Waals surface area contributed by atoms with E-state index in [9.17, 15) is 23.6 Å². The highest BCUT2D eigenvalue weighted by atomic mass is 32.2. The molecule has 0 aromatic heterocycles. The summed E-state index contributed by atoms with van der Waals surface area (Å²) in [5, 5.41) is 19.8. The first-order valence-electron chi connectivity index (χ1n) is 4.83. The van der Waals surface area contributed by atoms with Crippen molar-refractivity contribution >= 4 is 21.4 Å². The summed E-state index contributed by atoms with van der Waals surface area (Å²) in [4.78, 5) is 9.73. The molecule has 0 spiro atoms. The van der Waals surface area contributed by atoms with Gasteiger partial charge in [-0.3, -0.25) is 14.8 Å². The SMILES string of the molecule is CCCS(=O)(=O)Nc1ccc([N+](=O)[O-])cc1O. The van der Waals surface area contributed by atoms with Crippen molar-refractivity contribution in [3.63, 3.8) is 0 Å². The number of hydrogen-bond acceptors (Lipinski definition) is 5. The van der Waals surface area contributed by atoms with Crippen molar-refractivity contribution in [3.05, 3.63) is 28.3 Å². The molecule has 0 amide bonds. The van der Waals surface area contributed by atoms with Crippen LogP contribution in [0, 0.1) is 10.1 Å². The monoisotopic (exact) mass is 260 g/mol. The molecular formula is C9H12N2O5S. The molecular weight excluding hydrogens is 248 g/mol. The summed E-state index contributed by atoms with van der Waals surface area (Å²) in [6.07, 6.45) is 0.434. The molecule has 94 valence electrons. The highest BCUT2D eigenvalue weighted by molar-refractivity contribution is 7.92. The molecule has 0 aliphatic carbocycles. The van der Waals surface area contributed by atoms with Crippen LogP contribution in [0.2, 0.25) is 0 Å². The van der Waals surface area contributed by atoms with Gasteiger partial charge in [-0.15, -0.1) is 0 Å². The van der Waals surface area contributed by atoms with Crippen molar-refractivity contribution in [1.82, 2.24) is 0 Å². The Labute approximate surface area is 98.3 Å². The van der Waals surface area contributed by atoms with E-state index in [1.807, 2.05) is 0 Å². The van der Waals surface area contributed by atoms with Crippen LogP contribution in [0.5, 0.6) is 5.75 Å². The van der Waals surface area contributed by atoms with Gasteiger partial charge < -0.3 is 5.11 Å². The molecule has 0 unspecified atom stereocenters. The van der Waals surface area contributed by atoms with Crippen LogP contribution in [0.15, 0.2) is 18.2 Å². The third kappa shape index (κ3) is 3.59. The van der Waals surface area contributed by atoms with E-state index in [1.54, 1.807) is 6.92 Å². The summed E-state index contributed by atoms with van der Waals surface area (Å²) in [6, 6.07) is 3.16. The number of hydrogen-bond donors (Lipinski definition) is 2. The largest absolute Gasteiger partial charge is 0.505 e. The molecule has 0 bridgehead atoms. The predicted molar refractivity (Wildman–Crippen MR) is 62.5 cm³/mol. The lowest BCUT2D eigenvalue weighted by Gasteiger charge is -2.08. The molecule has 1 aromatic rings. The zero-order chi connectivity index (χ0) is 13.1. The van der Waals surface area contributed by atoms with Crippen LogP contribution < -0.4 is 4.72 Å². The van der Waals surface area contributed by atoms with Crippen molar-refractivity contribution in [2.45, 2.75) is 13.3 Å². The van der Waals surface area contributed by atoms with Crippen molar-refractivity contribution in [1.29, 1.82) is 0 Å². The van der Waals surface area contributed by atoms with E-state index < -0.39 is 20.7 Å². The number of non-ortho nitro benzene ring substituents is 1. The number of anilines is 1. The van der Waals surface area contributed by atoms with E-state index in [0.717, 1.165) is 18.2 Å². The average Bonchev–Trinajstić information content (AvgIpc) is 2.20. The van der Waals surface area contributed by atoms with E-state index in [2.05, 4.69) is 4.72 Å². The zero-order valence-corrected chi connectivity index (χ0v) is 9.90. The Balaban J connectivity index is 2.98. The number of nitrogens with one attached hydrogen (secondary N) is 1. The summed E-state index contributed by atoms with van der Waals surface area (Å²) in [5.74, 6) is -0.553. The van der Waals surface area contributed by atoms with Gasteiger partial charge in [0.25, 0.3) is 5.69 Å². The Morgan fingerprint density at radius 1 is 1.47 bits per heavy atom. The molecule has 0 fully saturated rings. The van der Waals surface area contributed by atoms with Crippen LogP contribution in [0.3, 0.4) is 0 Å². The lowest BCUT2D eigenvalue weighted by molar-refractivity contribution is -0.384. The normalized spacial score (nSPS) is 11.1. The highest BCUT2D eigenvalue weighted by Gasteiger charge is 2.14. The molecule has 0 aliphatic rings. The van der Waals surface area contributed by atoms with Gasteiger partial charge in [-0.1, -0.05) is 6.92 Å². The maximum absolute atomic E-state index is 11.4. The first-order valence-corrected chi connectivity index (χ1v) is 6.49. The van der Waals surface area contributed by atoms with E-state index >= 15 is 0 Å². The minimum Gasteiger partial charge on any atom is -0.505 e. The summed E-state index contributed by atoms with van der Waals surface area (Å²) in [6.45, 7) is 1.70. The minimum absolute atomic E-state index is 0.0657. The van der Waals surface area contributed by atoms with Gasteiger partial charge in [-0.25, -0.2) is 8.42 Å². The van der Waals surface area contributed by atoms with E-state index in [-0.39, 0.29) is 17.1 Å². The fourth-order valence-corrected chi connectivity index (χ4v) is 2.35. The molecule has 1 rings (SSSR count). The second-order valence-electron chi connectivity index (χ2n) is 3.38. The molecule has 8 heteroatoms. The van der Waals surface area contributed by atoms with Crippen molar-refractivity contribution < 1.29 is 18.4 Å². The minimum atomic E-state index is -3.52.